The summed E-state index contributed by atoms with van der Waals surface area (Å²) in [5.41, 5.74) is 0.746. The predicted molar refractivity (Wildman–Crippen MR) is 72.0 cm³/mol. The summed E-state index contributed by atoms with van der Waals surface area (Å²) in [5.74, 6) is 0.252. The quantitative estimate of drug-likeness (QED) is 0.890. The van der Waals surface area contributed by atoms with Crippen LogP contribution in [0.5, 0.6) is 5.75 Å². The van der Waals surface area contributed by atoms with E-state index in [0.717, 1.165) is 25.2 Å². The molecule has 0 spiro atoms. The van der Waals surface area contributed by atoms with Gasteiger partial charge in [0.15, 0.2) is 0 Å². The van der Waals surface area contributed by atoms with Gasteiger partial charge >= 0.3 is 6.61 Å². The van der Waals surface area contributed by atoms with Gasteiger partial charge in [-0.2, -0.15) is 8.78 Å². The largest absolute Gasteiger partial charge is 0.433 e. The van der Waals surface area contributed by atoms with Gasteiger partial charge < -0.3 is 15.0 Å². The summed E-state index contributed by atoms with van der Waals surface area (Å²) in [5, 5.41) is 3.47. The van der Waals surface area contributed by atoms with E-state index in [9.17, 15) is 8.78 Å². The van der Waals surface area contributed by atoms with Gasteiger partial charge in [-0.15, -0.1) is 0 Å². The second-order valence-electron chi connectivity index (χ2n) is 5.10. The molecule has 0 radical (unpaired) electrons. The Balaban J connectivity index is 2.06. The minimum Gasteiger partial charge on any atom is -0.433 e. The van der Waals surface area contributed by atoms with E-state index in [2.05, 4.69) is 28.8 Å². The van der Waals surface area contributed by atoms with Crippen LogP contribution in [-0.4, -0.2) is 31.8 Å². The number of ether oxygens (including phenoxy) is 1. The third kappa shape index (κ3) is 3.80. The number of halogens is 2. The van der Waals surface area contributed by atoms with Crippen molar-refractivity contribution in [3.63, 3.8) is 0 Å². The first-order chi connectivity index (χ1) is 9.06. The van der Waals surface area contributed by atoms with Gasteiger partial charge in [-0.25, -0.2) is 0 Å². The lowest BCUT2D eigenvalue weighted by Gasteiger charge is -2.22. The number of nitrogens with zero attached hydrogens (tertiary/aromatic N) is 1. The Kier molecular flexibility index (Phi) is 4.58. The summed E-state index contributed by atoms with van der Waals surface area (Å²) in [7, 11) is 0. The van der Waals surface area contributed by atoms with Crippen molar-refractivity contribution in [1.29, 1.82) is 0 Å². The highest BCUT2D eigenvalue weighted by molar-refractivity contribution is 5.59. The maximum atomic E-state index is 12.4. The Morgan fingerprint density at radius 3 is 2.74 bits per heavy atom. The lowest BCUT2D eigenvalue weighted by molar-refractivity contribution is -0.0495. The highest BCUT2D eigenvalue weighted by Crippen LogP contribution is 2.31. The number of alkyl halides is 2. The average Bonchev–Trinajstić information content (AvgIpc) is 2.76. The molecule has 5 heteroatoms. The van der Waals surface area contributed by atoms with Gasteiger partial charge in [-0.05, 0) is 18.6 Å². The first-order valence-electron chi connectivity index (χ1n) is 6.61. The molecule has 1 aliphatic rings. The van der Waals surface area contributed by atoms with E-state index < -0.39 is 6.61 Å². The van der Waals surface area contributed by atoms with Crippen molar-refractivity contribution in [1.82, 2.24) is 5.32 Å². The molecule has 106 valence electrons. The molecule has 1 unspecified atom stereocenters. The van der Waals surface area contributed by atoms with Crippen molar-refractivity contribution in [3.05, 3.63) is 24.3 Å². The molecule has 2 rings (SSSR count). The number of nitrogens with one attached hydrogen (secondary N) is 1. The van der Waals surface area contributed by atoms with Crippen LogP contribution in [0, 0.1) is 0 Å². The van der Waals surface area contributed by atoms with Crippen LogP contribution in [0.25, 0.3) is 0 Å². The van der Waals surface area contributed by atoms with Gasteiger partial charge in [-0.1, -0.05) is 26.0 Å². The normalized spacial score (nSPS) is 19.5. The van der Waals surface area contributed by atoms with Crippen LogP contribution in [0.1, 0.15) is 20.3 Å². The third-order valence-corrected chi connectivity index (χ3v) is 3.18. The number of para-hydroxylation sites is 2. The lowest BCUT2D eigenvalue weighted by Crippen LogP contribution is -2.37. The molecule has 1 aliphatic heterocycles. The molecule has 0 aliphatic carbocycles. The van der Waals surface area contributed by atoms with E-state index in [0.29, 0.717) is 12.1 Å². The third-order valence-electron chi connectivity index (χ3n) is 3.18. The van der Waals surface area contributed by atoms with Gasteiger partial charge in [0.05, 0.1) is 5.69 Å². The zero-order chi connectivity index (χ0) is 13.8. The van der Waals surface area contributed by atoms with E-state index in [1.54, 1.807) is 12.1 Å². The van der Waals surface area contributed by atoms with Crippen LogP contribution in [0.3, 0.4) is 0 Å². The fourth-order valence-electron chi connectivity index (χ4n) is 2.50. The topological polar surface area (TPSA) is 24.5 Å². The van der Waals surface area contributed by atoms with E-state index in [1.807, 2.05) is 12.1 Å². The monoisotopic (exact) mass is 270 g/mol. The van der Waals surface area contributed by atoms with Crippen molar-refractivity contribution in [2.75, 3.05) is 18.0 Å². The van der Waals surface area contributed by atoms with Crippen LogP contribution in [0.2, 0.25) is 0 Å². The standard InChI is InChI=1S/C14H20F2N2O/c1-10(2)17-11-7-8-18(9-11)12-5-3-4-6-13(12)19-14(15)16/h3-6,10-11,14,17H,7-9H2,1-2H3. The lowest BCUT2D eigenvalue weighted by atomic mass is 10.2. The molecule has 0 aromatic heterocycles. The summed E-state index contributed by atoms with van der Waals surface area (Å²) in [6.45, 7) is 3.11. The second-order valence-corrected chi connectivity index (χ2v) is 5.10. The summed E-state index contributed by atoms with van der Waals surface area (Å²) in [4.78, 5) is 2.10. The summed E-state index contributed by atoms with van der Waals surface area (Å²) < 4.78 is 29.3. The summed E-state index contributed by atoms with van der Waals surface area (Å²) in [6, 6.07) is 7.80. The number of benzene rings is 1. The fraction of sp³-hybridized carbons (Fsp3) is 0.571. The molecule has 1 aromatic carbocycles. The molecule has 0 saturated carbocycles. The number of rotatable bonds is 5. The van der Waals surface area contributed by atoms with Crippen LogP contribution in [-0.2, 0) is 0 Å². The van der Waals surface area contributed by atoms with Crippen LogP contribution in [0.15, 0.2) is 24.3 Å². The second kappa shape index (κ2) is 6.19. The Morgan fingerprint density at radius 2 is 2.05 bits per heavy atom. The maximum Gasteiger partial charge on any atom is 0.387 e. The molecule has 1 heterocycles. The van der Waals surface area contributed by atoms with Crippen molar-refractivity contribution in [2.24, 2.45) is 0 Å². The molecule has 1 saturated heterocycles. The number of hydrogen-bond acceptors (Lipinski definition) is 3. The van der Waals surface area contributed by atoms with Crippen molar-refractivity contribution < 1.29 is 13.5 Å². The first-order valence-corrected chi connectivity index (χ1v) is 6.61. The predicted octanol–water partition coefficient (Wildman–Crippen LogP) is 2.86. The Morgan fingerprint density at radius 1 is 1.32 bits per heavy atom. The maximum absolute atomic E-state index is 12.4. The van der Waals surface area contributed by atoms with Gasteiger partial charge in [0.2, 0.25) is 0 Å². The van der Waals surface area contributed by atoms with Crippen LogP contribution in [0.4, 0.5) is 14.5 Å². The number of hydrogen-bond donors (Lipinski definition) is 1. The fourth-order valence-corrected chi connectivity index (χ4v) is 2.50. The van der Waals surface area contributed by atoms with E-state index in [-0.39, 0.29) is 5.75 Å². The molecule has 0 amide bonds. The highest BCUT2D eigenvalue weighted by atomic mass is 19.3. The zero-order valence-corrected chi connectivity index (χ0v) is 11.3. The smallest absolute Gasteiger partial charge is 0.387 e. The molecule has 3 nitrogen and oxygen atoms in total. The molecular formula is C14H20F2N2O. The van der Waals surface area contributed by atoms with Gasteiger partial charge in [0.25, 0.3) is 0 Å². The van der Waals surface area contributed by atoms with E-state index in [4.69, 9.17) is 0 Å². The van der Waals surface area contributed by atoms with Crippen LogP contribution >= 0.6 is 0 Å². The summed E-state index contributed by atoms with van der Waals surface area (Å²) >= 11 is 0. The molecule has 1 fully saturated rings. The Bertz CT molecular complexity index is 412. The van der Waals surface area contributed by atoms with E-state index >= 15 is 0 Å². The highest BCUT2D eigenvalue weighted by Gasteiger charge is 2.25. The van der Waals surface area contributed by atoms with E-state index in [1.165, 1.54) is 0 Å². The number of anilines is 1. The van der Waals surface area contributed by atoms with Gasteiger partial charge in [-0.3, -0.25) is 0 Å². The Labute approximate surface area is 112 Å². The molecule has 0 bridgehead atoms. The van der Waals surface area contributed by atoms with Gasteiger partial charge in [0, 0.05) is 25.2 Å². The van der Waals surface area contributed by atoms with Crippen molar-refractivity contribution in [3.8, 4) is 5.75 Å². The summed E-state index contributed by atoms with van der Waals surface area (Å²) in [6.07, 6.45) is 1.02. The van der Waals surface area contributed by atoms with Crippen molar-refractivity contribution >= 4 is 5.69 Å². The zero-order valence-electron chi connectivity index (χ0n) is 11.3. The molecule has 19 heavy (non-hydrogen) atoms. The first kappa shape index (κ1) is 14.1. The SMILES string of the molecule is CC(C)NC1CCN(c2ccccc2OC(F)F)C1. The van der Waals surface area contributed by atoms with Crippen molar-refractivity contribution in [2.45, 2.75) is 39.0 Å². The molecule has 1 aromatic rings. The van der Waals surface area contributed by atoms with Crippen LogP contribution < -0.4 is 15.0 Å². The minimum atomic E-state index is -2.78. The average molecular weight is 270 g/mol. The molecule has 1 atom stereocenters. The minimum absolute atomic E-state index is 0.252. The molecular weight excluding hydrogens is 250 g/mol. The Hall–Kier alpha value is -1.36. The van der Waals surface area contributed by atoms with Gasteiger partial charge in [0.1, 0.15) is 5.75 Å². The molecule has 1 N–H and O–H groups in total.